The molecule has 2 aliphatic rings. The van der Waals surface area contributed by atoms with Crippen LogP contribution in [0.4, 0.5) is 11.6 Å². The minimum atomic E-state index is 0.0660. The molecule has 118 valence electrons. The van der Waals surface area contributed by atoms with E-state index in [0.717, 1.165) is 30.3 Å². The number of nitrogens with zero attached hydrogens (tertiary/aromatic N) is 3. The van der Waals surface area contributed by atoms with Crippen molar-refractivity contribution in [3.8, 4) is 0 Å². The van der Waals surface area contributed by atoms with Gasteiger partial charge in [-0.25, -0.2) is 9.83 Å². The zero-order valence-electron chi connectivity index (χ0n) is 13.5. The molecule has 0 radical (unpaired) electrons. The van der Waals surface area contributed by atoms with Crippen LogP contribution < -0.4 is 5.32 Å². The number of hydrogen-bond acceptors (Lipinski definition) is 2. The topological polar surface area (TPSA) is 51.3 Å². The Balaban J connectivity index is 1.73. The van der Waals surface area contributed by atoms with Gasteiger partial charge in [0, 0.05) is 12.0 Å². The van der Waals surface area contributed by atoms with Crippen molar-refractivity contribution in [2.24, 2.45) is 11.3 Å². The van der Waals surface area contributed by atoms with Gasteiger partial charge in [0.1, 0.15) is 0 Å². The van der Waals surface area contributed by atoms with Gasteiger partial charge in [-0.15, -0.1) is 0 Å². The van der Waals surface area contributed by atoms with Crippen molar-refractivity contribution in [2.75, 3.05) is 5.32 Å². The molecule has 2 saturated carbocycles. The standard InChI is InChI=1S/C18H20N4O/c1-18(2)10-13(18)16(23)21-17-20-14-8-7-11(19-3)9-15(14)22(17)12-5-4-6-12/h7-9,12-13H,4-6,10H2,1-2H3,(H,20,21,23)/t13-/m1/s1. The zero-order chi connectivity index (χ0) is 16.2. The number of imidazole rings is 1. The third-order valence-electron chi connectivity index (χ3n) is 5.31. The van der Waals surface area contributed by atoms with E-state index in [1.165, 1.54) is 6.42 Å². The Kier molecular flexibility index (Phi) is 2.99. The third-order valence-corrected chi connectivity index (χ3v) is 5.31. The first-order valence-corrected chi connectivity index (χ1v) is 8.20. The van der Waals surface area contributed by atoms with E-state index in [4.69, 9.17) is 6.57 Å². The number of fused-ring (bicyclic) bond motifs is 1. The maximum atomic E-state index is 12.5. The van der Waals surface area contributed by atoms with Gasteiger partial charge in [0.05, 0.1) is 17.6 Å². The van der Waals surface area contributed by atoms with Crippen LogP contribution in [0, 0.1) is 17.9 Å². The zero-order valence-corrected chi connectivity index (χ0v) is 13.5. The summed E-state index contributed by atoms with van der Waals surface area (Å²) in [6.45, 7) is 11.4. The Labute approximate surface area is 135 Å². The van der Waals surface area contributed by atoms with Crippen molar-refractivity contribution in [3.63, 3.8) is 0 Å². The van der Waals surface area contributed by atoms with Crippen LogP contribution in [0.25, 0.3) is 15.9 Å². The monoisotopic (exact) mass is 308 g/mol. The molecule has 2 aliphatic carbocycles. The average Bonchev–Trinajstić information content (AvgIpc) is 2.98. The maximum absolute atomic E-state index is 12.5. The molecule has 1 N–H and O–H groups in total. The van der Waals surface area contributed by atoms with E-state index in [1.54, 1.807) is 6.07 Å². The molecule has 0 aliphatic heterocycles. The Morgan fingerprint density at radius 3 is 2.74 bits per heavy atom. The largest absolute Gasteiger partial charge is 0.308 e. The van der Waals surface area contributed by atoms with Crippen LogP contribution in [0.3, 0.4) is 0 Å². The summed E-state index contributed by atoms with van der Waals surface area (Å²) in [6.07, 6.45) is 4.34. The number of rotatable bonds is 3. The number of nitrogens with one attached hydrogen (secondary N) is 1. The van der Waals surface area contributed by atoms with E-state index < -0.39 is 0 Å². The van der Waals surface area contributed by atoms with Gasteiger partial charge < -0.3 is 4.57 Å². The normalized spacial score (nSPS) is 22.4. The molecule has 0 saturated heterocycles. The number of amides is 1. The molecule has 2 aromatic rings. The predicted octanol–water partition coefficient (Wildman–Crippen LogP) is 4.30. The molecule has 5 heteroatoms. The van der Waals surface area contributed by atoms with Gasteiger partial charge in [0.25, 0.3) is 0 Å². The summed E-state index contributed by atoms with van der Waals surface area (Å²) in [7, 11) is 0. The van der Waals surface area contributed by atoms with Gasteiger partial charge in [-0.3, -0.25) is 10.1 Å². The van der Waals surface area contributed by atoms with Crippen molar-refractivity contribution in [1.29, 1.82) is 0 Å². The molecule has 1 amide bonds. The lowest BCUT2D eigenvalue weighted by molar-refractivity contribution is -0.118. The molecular weight excluding hydrogens is 288 g/mol. The van der Waals surface area contributed by atoms with Crippen molar-refractivity contribution < 1.29 is 4.79 Å². The van der Waals surface area contributed by atoms with Gasteiger partial charge in [-0.1, -0.05) is 19.9 Å². The van der Waals surface area contributed by atoms with E-state index in [9.17, 15) is 4.79 Å². The second kappa shape index (κ2) is 4.82. The van der Waals surface area contributed by atoms with Gasteiger partial charge >= 0.3 is 0 Å². The molecular formula is C18H20N4O. The molecule has 1 aromatic carbocycles. The first-order chi connectivity index (χ1) is 11.0. The van der Waals surface area contributed by atoms with Crippen LogP contribution in [0.5, 0.6) is 0 Å². The highest BCUT2D eigenvalue weighted by Gasteiger charge is 2.50. The summed E-state index contributed by atoms with van der Waals surface area (Å²) < 4.78 is 2.13. The summed E-state index contributed by atoms with van der Waals surface area (Å²) in [5.41, 5.74) is 2.51. The maximum Gasteiger partial charge on any atom is 0.230 e. The molecule has 1 aromatic heterocycles. The van der Waals surface area contributed by atoms with Crippen LogP contribution in [-0.2, 0) is 4.79 Å². The van der Waals surface area contributed by atoms with Crippen LogP contribution in [0.1, 0.15) is 45.6 Å². The first-order valence-electron chi connectivity index (χ1n) is 8.20. The Morgan fingerprint density at radius 1 is 1.43 bits per heavy atom. The van der Waals surface area contributed by atoms with E-state index in [1.807, 2.05) is 12.1 Å². The summed E-state index contributed by atoms with van der Waals surface area (Å²) in [4.78, 5) is 20.6. The van der Waals surface area contributed by atoms with Crippen LogP contribution in [0.2, 0.25) is 0 Å². The van der Waals surface area contributed by atoms with Crippen LogP contribution >= 0.6 is 0 Å². The smallest absolute Gasteiger partial charge is 0.230 e. The van der Waals surface area contributed by atoms with E-state index in [0.29, 0.717) is 17.7 Å². The van der Waals surface area contributed by atoms with Gasteiger partial charge in [0.15, 0.2) is 5.69 Å². The highest BCUT2D eigenvalue weighted by atomic mass is 16.2. The Bertz CT molecular complexity index is 839. The second-order valence-corrected chi connectivity index (χ2v) is 7.41. The van der Waals surface area contributed by atoms with Gasteiger partial charge in [-0.2, -0.15) is 0 Å². The number of carbonyl (C=O) groups excluding carboxylic acids is 1. The van der Waals surface area contributed by atoms with E-state index in [-0.39, 0.29) is 17.2 Å². The third kappa shape index (κ3) is 2.29. The van der Waals surface area contributed by atoms with Gasteiger partial charge in [0.2, 0.25) is 11.9 Å². The fourth-order valence-corrected chi connectivity index (χ4v) is 3.37. The minimum Gasteiger partial charge on any atom is -0.308 e. The number of hydrogen-bond donors (Lipinski definition) is 1. The second-order valence-electron chi connectivity index (χ2n) is 7.41. The summed E-state index contributed by atoms with van der Waals surface area (Å²) in [5.74, 6) is 0.784. The molecule has 1 atom stereocenters. The van der Waals surface area contributed by atoms with Crippen molar-refractivity contribution >= 4 is 28.6 Å². The van der Waals surface area contributed by atoms with Crippen LogP contribution in [0.15, 0.2) is 18.2 Å². The summed E-state index contributed by atoms with van der Waals surface area (Å²) in [5, 5.41) is 3.04. The van der Waals surface area contributed by atoms with Gasteiger partial charge in [-0.05, 0) is 43.2 Å². The molecule has 23 heavy (non-hydrogen) atoms. The molecule has 4 rings (SSSR count). The van der Waals surface area contributed by atoms with Crippen molar-refractivity contribution in [1.82, 2.24) is 9.55 Å². The first kappa shape index (κ1) is 14.3. The predicted molar refractivity (Wildman–Crippen MR) is 89.4 cm³/mol. The SMILES string of the molecule is [C-]#[N+]c1ccc2nc(NC(=O)[C@H]3CC3(C)C)n(C3CCC3)c2c1. The lowest BCUT2D eigenvalue weighted by atomic mass is 9.92. The fraction of sp³-hybridized carbons (Fsp3) is 0.500. The van der Waals surface area contributed by atoms with Crippen LogP contribution in [-0.4, -0.2) is 15.5 Å². The number of anilines is 1. The minimum absolute atomic E-state index is 0.0660. The summed E-state index contributed by atoms with van der Waals surface area (Å²) in [6, 6.07) is 5.91. The molecule has 5 nitrogen and oxygen atoms in total. The van der Waals surface area contributed by atoms with E-state index in [2.05, 4.69) is 33.6 Å². The molecule has 0 unspecified atom stereocenters. The highest BCUT2D eigenvalue weighted by molar-refractivity contribution is 5.95. The van der Waals surface area contributed by atoms with E-state index >= 15 is 0 Å². The van der Waals surface area contributed by atoms with Crippen molar-refractivity contribution in [3.05, 3.63) is 29.6 Å². The molecule has 2 fully saturated rings. The average molecular weight is 308 g/mol. The Morgan fingerprint density at radius 2 is 2.17 bits per heavy atom. The lowest BCUT2D eigenvalue weighted by Gasteiger charge is -2.29. The molecule has 0 spiro atoms. The quantitative estimate of drug-likeness (QED) is 0.860. The fourth-order valence-electron chi connectivity index (χ4n) is 3.37. The number of benzene rings is 1. The number of aromatic nitrogens is 2. The Hall–Kier alpha value is -2.35. The highest BCUT2D eigenvalue weighted by Crippen LogP contribution is 2.52. The number of carbonyl (C=O) groups is 1. The lowest BCUT2D eigenvalue weighted by Crippen LogP contribution is -2.23. The molecule has 0 bridgehead atoms. The van der Waals surface area contributed by atoms with Crippen molar-refractivity contribution in [2.45, 2.75) is 45.6 Å². The molecule has 1 heterocycles. The summed E-state index contributed by atoms with van der Waals surface area (Å²) >= 11 is 0.